The van der Waals surface area contributed by atoms with Crippen molar-refractivity contribution in [1.29, 1.82) is 5.26 Å². The predicted octanol–water partition coefficient (Wildman–Crippen LogP) is 0.229. The summed E-state index contributed by atoms with van der Waals surface area (Å²) in [5.41, 5.74) is 0. The van der Waals surface area contributed by atoms with Crippen molar-refractivity contribution in [2.75, 3.05) is 20.7 Å². The Labute approximate surface area is 61.2 Å². The molecule has 10 heavy (non-hydrogen) atoms. The van der Waals surface area contributed by atoms with E-state index in [-0.39, 0.29) is 6.10 Å². The van der Waals surface area contributed by atoms with Crippen molar-refractivity contribution in [2.45, 2.75) is 18.6 Å². The van der Waals surface area contributed by atoms with Gasteiger partial charge in [-0.1, -0.05) is 0 Å². The van der Waals surface area contributed by atoms with Gasteiger partial charge >= 0.3 is 0 Å². The first-order valence-corrected chi connectivity index (χ1v) is 3.43. The molecule has 2 atom stereocenters. The van der Waals surface area contributed by atoms with Gasteiger partial charge < -0.3 is 9.64 Å². The summed E-state index contributed by atoms with van der Waals surface area (Å²) in [6.45, 7) is 0.723. The second-order valence-corrected chi connectivity index (χ2v) is 2.74. The third-order valence-corrected chi connectivity index (χ3v) is 1.85. The van der Waals surface area contributed by atoms with Crippen LogP contribution in [-0.2, 0) is 4.74 Å². The van der Waals surface area contributed by atoms with Gasteiger partial charge in [0.2, 0.25) is 0 Å². The van der Waals surface area contributed by atoms with Crippen LogP contribution in [0.15, 0.2) is 0 Å². The van der Waals surface area contributed by atoms with E-state index < -0.39 is 0 Å². The summed E-state index contributed by atoms with van der Waals surface area (Å²) in [7, 11) is 3.95. The highest BCUT2D eigenvalue weighted by Crippen LogP contribution is 2.16. The van der Waals surface area contributed by atoms with Gasteiger partial charge in [-0.2, -0.15) is 5.26 Å². The molecular weight excluding hydrogens is 128 g/mol. The van der Waals surface area contributed by atoms with Crippen molar-refractivity contribution in [3.8, 4) is 6.07 Å². The lowest BCUT2D eigenvalue weighted by Gasteiger charge is -2.19. The Kier molecular flexibility index (Phi) is 2.25. The molecule has 0 aliphatic carbocycles. The minimum absolute atomic E-state index is 0.213. The summed E-state index contributed by atoms with van der Waals surface area (Å²) < 4.78 is 5.17. The molecule has 1 fully saturated rings. The molecule has 0 bridgehead atoms. The van der Waals surface area contributed by atoms with Crippen LogP contribution in [-0.4, -0.2) is 37.7 Å². The van der Waals surface area contributed by atoms with Crippen LogP contribution in [0.1, 0.15) is 6.42 Å². The van der Waals surface area contributed by atoms with E-state index in [0.29, 0.717) is 6.04 Å². The number of rotatable bonds is 1. The first-order chi connectivity index (χ1) is 4.75. The molecule has 3 heteroatoms. The molecule has 1 saturated heterocycles. The fourth-order valence-corrected chi connectivity index (χ4v) is 1.23. The van der Waals surface area contributed by atoms with Gasteiger partial charge in [-0.15, -0.1) is 0 Å². The largest absolute Gasteiger partial charge is 0.362 e. The molecule has 0 aromatic rings. The van der Waals surface area contributed by atoms with Crippen LogP contribution < -0.4 is 0 Å². The van der Waals surface area contributed by atoms with E-state index in [1.807, 2.05) is 19.0 Å². The van der Waals surface area contributed by atoms with Gasteiger partial charge in [0.15, 0.2) is 6.10 Å². The van der Waals surface area contributed by atoms with E-state index in [9.17, 15) is 0 Å². The second kappa shape index (κ2) is 3.00. The van der Waals surface area contributed by atoms with Crippen LogP contribution in [0.3, 0.4) is 0 Å². The number of nitrogens with zero attached hydrogens (tertiary/aromatic N) is 2. The Hall–Kier alpha value is -0.590. The SMILES string of the molecule is CN(C)C1CCOC1C#N. The molecule has 56 valence electrons. The highest BCUT2D eigenvalue weighted by molar-refractivity contribution is 4.97. The molecule has 0 aromatic carbocycles. The zero-order chi connectivity index (χ0) is 7.56. The molecule has 1 aliphatic heterocycles. The highest BCUT2D eigenvalue weighted by Gasteiger charge is 2.29. The van der Waals surface area contributed by atoms with Gasteiger partial charge in [-0.3, -0.25) is 0 Å². The molecule has 3 nitrogen and oxygen atoms in total. The lowest BCUT2D eigenvalue weighted by atomic mass is 10.1. The van der Waals surface area contributed by atoms with E-state index >= 15 is 0 Å². The summed E-state index contributed by atoms with van der Waals surface area (Å²) in [6.07, 6.45) is 0.764. The predicted molar refractivity (Wildman–Crippen MR) is 37.4 cm³/mol. The smallest absolute Gasteiger partial charge is 0.159 e. The van der Waals surface area contributed by atoms with Crippen LogP contribution in [0.25, 0.3) is 0 Å². The maximum absolute atomic E-state index is 8.58. The zero-order valence-electron chi connectivity index (χ0n) is 6.37. The third kappa shape index (κ3) is 1.28. The lowest BCUT2D eigenvalue weighted by Crippen LogP contribution is -2.34. The zero-order valence-corrected chi connectivity index (χ0v) is 6.37. The number of likely N-dealkylation sites (N-methyl/N-ethyl adjacent to an activating group) is 1. The molecule has 0 spiro atoms. The fraction of sp³-hybridized carbons (Fsp3) is 0.857. The van der Waals surface area contributed by atoms with Gasteiger partial charge in [0, 0.05) is 0 Å². The standard InChI is InChI=1S/C7H12N2O/c1-9(2)6-3-4-10-7(6)5-8/h6-7H,3-4H2,1-2H3. The van der Waals surface area contributed by atoms with Gasteiger partial charge in [0.05, 0.1) is 18.7 Å². The Morgan fingerprint density at radius 1 is 1.60 bits per heavy atom. The van der Waals surface area contributed by atoms with Gasteiger partial charge in [0.1, 0.15) is 0 Å². The van der Waals surface area contributed by atoms with E-state index in [2.05, 4.69) is 6.07 Å². The van der Waals surface area contributed by atoms with Gasteiger partial charge in [-0.25, -0.2) is 0 Å². The van der Waals surface area contributed by atoms with Gasteiger partial charge in [-0.05, 0) is 20.5 Å². The second-order valence-electron chi connectivity index (χ2n) is 2.74. The van der Waals surface area contributed by atoms with Crippen LogP contribution in [0.4, 0.5) is 0 Å². The monoisotopic (exact) mass is 140 g/mol. The summed E-state index contributed by atoms with van der Waals surface area (Å²) in [5, 5.41) is 8.58. The molecule has 0 saturated carbocycles. The van der Waals surface area contributed by atoms with Crippen molar-refractivity contribution in [1.82, 2.24) is 4.90 Å². The Morgan fingerprint density at radius 2 is 2.30 bits per heavy atom. The van der Waals surface area contributed by atoms with E-state index in [1.54, 1.807) is 0 Å². The minimum Gasteiger partial charge on any atom is -0.362 e. The van der Waals surface area contributed by atoms with Crippen molar-refractivity contribution < 1.29 is 4.74 Å². The first kappa shape index (κ1) is 7.52. The molecule has 0 N–H and O–H groups in total. The Bertz CT molecular complexity index is 150. The number of nitriles is 1. The normalized spacial score (nSPS) is 32.6. The van der Waals surface area contributed by atoms with Crippen molar-refractivity contribution in [3.05, 3.63) is 0 Å². The van der Waals surface area contributed by atoms with E-state index in [1.165, 1.54) is 0 Å². The highest BCUT2D eigenvalue weighted by atomic mass is 16.5. The van der Waals surface area contributed by atoms with Crippen molar-refractivity contribution in [2.24, 2.45) is 0 Å². The number of hydrogen-bond acceptors (Lipinski definition) is 3. The summed E-state index contributed by atoms with van der Waals surface area (Å²) in [4.78, 5) is 2.04. The summed E-state index contributed by atoms with van der Waals surface area (Å²) >= 11 is 0. The third-order valence-electron chi connectivity index (χ3n) is 1.85. The van der Waals surface area contributed by atoms with Gasteiger partial charge in [0.25, 0.3) is 0 Å². The topological polar surface area (TPSA) is 36.3 Å². The maximum atomic E-state index is 8.58. The molecular formula is C7H12N2O. The van der Waals surface area contributed by atoms with Crippen LogP contribution in [0, 0.1) is 11.3 Å². The quantitative estimate of drug-likeness (QED) is 0.523. The van der Waals surface area contributed by atoms with E-state index in [4.69, 9.17) is 10.00 Å². The summed E-state index contributed by atoms with van der Waals surface area (Å²) in [6, 6.07) is 2.43. The first-order valence-electron chi connectivity index (χ1n) is 3.43. The maximum Gasteiger partial charge on any atom is 0.159 e. The molecule has 1 rings (SSSR count). The van der Waals surface area contributed by atoms with Crippen molar-refractivity contribution in [3.63, 3.8) is 0 Å². The van der Waals surface area contributed by atoms with Crippen LogP contribution in [0.5, 0.6) is 0 Å². The Morgan fingerprint density at radius 3 is 2.70 bits per heavy atom. The molecule has 1 heterocycles. The average molecular weight is 140 g/mol. The fourth-order valence-electron chi connectivity index (χ4n) is 1.23. The summed E-state index contributed by atoms with van der Waals surface area (Å²) in [5.74, 6) is 0. The minimum atomic E-state index is -0.213. The molecule has 1 aliphatic rings. The number of hydrogen-bond donors (Lipinski definition) is 0. The lowest BCUT2D eigenvalue weighted by molar-refractivity contribution is 0.118. The number of ether oxygens (including phenoxy) is 1. The molecule has 0 amide bonds. The molecule has 0 aromatic heterocycles. The molecule has 2 unspecified atom stereocenters. The molecule has 0 radical (unpaired) electrons. The Balaban J connectivity index is 2.52. The van der Waals surface area contributed by atoms with Crippen LogP contribution >= 0.6 is 0 Å². The average Bonchev–Trinajstić information content (AvgIpc) is 2.33. The van der Waals surface area contributed by atoms with Crippen LogP contribution in [0.2, 0.25) is 0 Å². The van der Waals surface area contributed by atoms with Crippen molar-refractivity contribution >= 4 is 0 Å². The van der Waals surface area contributed by atoms with E-state index in [0.717, 1.165) is 13.0 Å².